The van der Waals surface area contributed by atoms with Gasteiger partial charge < -0.3 is 5.32 Å². The second kappa shape index (κ2) is 9.91. The fourth-order valence-corrected chi connectivity index (χ4v) is 4.51. The number of thioether (sulfide) groups is 1. The minimum absolute atomic E-state index is 0.0374. The Labute approximate surface area is 181 Å². The van der Waals surface area contributed by atoms with Gasteiger partial charge in [0, 0.05) is 11.4 Å². The number of carbonyl (C=O) groups is 1. The van der Waals surface area contributed by atoms with Gasteiger partial charge in [-0.15, -0.1) is 10.2 Å². The average molecular weight is 422 g/mol. The van der Waals surface area contributed by atoms with Crippen molar-refractivity contribution in [2.24, 2.45) is 0 Å². The number of nitrogens with one attached hydrogen (secondary N) is 1. The van der Waals surface area contributed by atoms with E-state index in [0.717, 1.165) is 54.0 Å². The maximum absolute atomic E-state index is 12.6. The zero-order chi connectivity index (χ0) is 20.8. The standard InChI is InChI=1S/C23H27N5OS/c1-2-18-10-6-7-13-20(18)24-22(29)17-30-23-26-25-21(16-27-14-8-9-15-27)28(23)19-11-4-3-5-12-19/h3-7,10-13H,2,8-9,14-17H2,1H3,(H,24,29). The number of amides is 1. The van der Waals surface area contributed by atoms with Gasteiger partial charge in [0.2, 0.25) is 5.91 Å². The third-order valence-electron chi connectivity index (χ3n) is 5.28. The maximum atomic E-state index is 12.6. The molecule has 0 radical (unpaired) electrons. The van der Waals surface area contributed by atoms with Crippen molar-refractivity contribution < 1.29 is 4.79 Å². The molecule has 3 aromatic rings. The molecule has 0 spiro atoms. The number of para-hydroxylation sites is 2. The van der Waals surface area contributed by atoms with Crippen LogP contribution in [-0.2, 0) is 17.8 Å². The summed E-state index contributed by atoms with van der Waals surface area (Å²) in [5, 5.41) is 12.7. The van der Waals surface area contributed by atoms with Crippen molar-refractivity contribution in [2.45, 2.75) is 37.9 Å². The van der Waals surface area contributed by atoms with E-state index in [1.54, 1.807) is 0 Å². The van der Waals surface area contributed by atoms with E-state index in [1.165, 1.54) is 24.6 Å². The number of aryl methyl sites for hydroxylation is 1. The van der Waals surface area contributed by atoms with Crippen molar-refractivity contribution in [3.63, 3.8) is 0 Å². The number of hydrogen-bond donors (Lipinski definition) is 1. The Morgan fingerprint density at radius 2 is 1.77 bits per heavy atom. The number of benzene rings is 2. The molecule has 30 heavy (non-hydrogen) atoms. The minimum Gasteiger partial charge on any atom is -0.325 e. The average Bonchev–Trinajstić information content (AvgIpc) is 3.43. The molecule has 0 unspecified atom stereocenters. The third-order valence-corrected chi connectivity index (χ3v) is 6.21. The first-order valence-electron chi connectivity index (χ1n) is 10.5. The third kappa shape index (κ3) is 4.91. The smallest absolute Gasteiger partial charge is 0.234 e. The van der Waals surface area contributed by atoms with Crippen LogP contribution < -0.4 is 5.32 Å². The van der Waals surface area contributed by atoms with E-state index in [-0.39, 0.29) is 11.7 Å². The van der Waals surface area contributed by atoms with Crippen molar-refractivity contribution >= 4 is 23.4 Å². The lowest BCUT2D eigenvalue weighted by molar-refractivity contribution is -0.113. The van der Waals surface area contributed by atoms with Crippen LogP contribution in [0.25, 0.3) is 5.69 Å². The zero-order valence-corrected chi connectivity index (χ0v) is 18.1. The summed E-state index contributed by atoms with van der Waals surface area (Å²) in [5.74, 6) is 1.17. The Balaban J connectivity index is 1.49. The Bertz CT molecular complexity index is 982. The van der Waals surface area contributed by atoms with Gasteiger partial charge in [0.1, 0.15) is 0 Å². The fourth-order valence-electron chi connectivity index (χ4n) is 3.74. The Kier molecular flexibility index (Phi) is 6.81. The van der Waals surface area contributed by atoms with Crippen molar-refractivity contribution in [3.05, 3.63) is 66.0 Å². The molecule has 1 saturated heterocycles. The van der Waals surface area contributed by atoms with Crippen LogP contribution in [0.1, 0.15) is 31.2 Å². The van der Waals surface area contributed by atoms with Gasteiger partial charge in [0.15, 0.2) is 11.0 Å². The summed E-state index contributed by atoms with van der Waals surface area (Å²) >= 11 is 1.42. The molecule has 4 rings (SSSR count). The number of carbonyl (C=O) groups excluding carboxylic acids is 1. The number of aromatic nitrogens is 3. The van der Waals surface area contributed by atoms with Gasteiger partial charge in [0.05, 0.1) is 12.3 Å². The maximum Gasteiger partial charge on any atom is 0.234 e. The minimum atomic E-state index is -0.0374. The van der Waals surface area contributed by atoms with Crippen LogP contribution in [0.3, 0.4) is 0 Å². The molecule has 1 aliphatic rings. The van der Waals surface area contributed by atoms with Crippen LogP contribution in [0.2, 0.25) is 0 Å². The molecule has 0 saturated carbocycles. The molecule has 156 valence electrons. The lowest BCUT2D eigenvalue weighted by Crippen LogP contribution is -2.21. The first kappa shape index (κ1) is 20.6. The zero-order valence-electron chi connectivity index (χ0n) is 17.3. The van der Waals surface area contributed by atoms with Crippen LogP contribution in [0.5, 0.6) is 0 Å². The summed E-state index contributed by atoms with van der Waals surface area (Å²) in [4.78, 5) is 15.0. The molecule has 1 amide bonds. The van der Waals surface area contributed by atoms with Crippen molar-refractivity contribution in [1.29, 1.82) is 0 Å². The fraction of sp³-hybridized carbons (Fsp3) is 0.348. The molecule has 1 aliphatic heterocycles. The Morgan fingerprint density at radius 1 is 1.03 bits per heavy atom. The molecular formula is C23H27N5OS. The van der Waals surface area contributed by atoms with Crippen LogP contribution in [0.4, 0.5) is 5.69 Å². The van der Waals surface area contributed by atoms with Crippen LogP contribution in [0, 0.1) is 0 Å². The first-order valence-corrected chi connectivity index (χ1v) is 11.5. The number of likely N-dealkylation sites (tertiary alicyclic amines) is 1. The van der Waals surface area contributed by atoms with E-state index in [0.29, 0.717) is 0 Å². The molecule has 6 nitrogen and oxygen atoms in total. The van der Waals surface area contributed by atoms with Gasteiger partial charge in [-0.05, 0) is 56.1 Å². The van der Waals surface area contributed by atoms with E-state index in [4.69, 9.17) is 0 Å². The van der Waals surface area contributed by atoms with Crippen LogP contribution in [-0.4, -0.2) is 44.4 Å². The molecule has 0 bridgehead atoms. The van der Waals surface area contributed by atoms with Crippen molar-refractivity contribution in [2.75, 3.05) is 24.2 Å². The highest BCUT2D eigenvalue weighted by atomic mass is 32.2. The summed E-state index contributed by atoms with van der Waals surface area (Å²) in [6, 6.07) is 18.1. The molecule has 0 aliphatic carbocycles. The summed E-state index contributed by atoms with van der Waals surface area (Å²) < 4.78 is 2.08. The van der Waals surface area contributed by atoms with Gasteiger partial charge >= 0.3 is 0 Å². The number of hydrogen-bond acceptors (Lipinski definition) is 5. The van der Waals surface area contributed by atoms with E-state index >= 15 is 0 Å². The topological polar surface area (TPSA) is 63.1 Å². The highest BCUT2D eigenvalue weighted by Crippen LogP contribution is 2.24. The predicted molar refractivity (Wildman–Crippen MR) is 121 cm³/mol. The highest BCUT2D eigenvalue weighted by Gasteiger charge is 2.20. The molecule has 1 aromatic heterocycles. The van der Waals surface area contributed by atoms with Crippen molar-refractivity contribution in [3.8, 4) is 5.69 Å². The Hall–Kier alpha value is -2.64. The quantitative estimate of drug-likeness (QED) is 0.554. The van der Waals surface area contributed by atoms with Crippen LogP contribution in [0.15, 0.2) is 59.8 Å². The predicted octanol–water partition coefficient (Wildman–Crippen LogP) is 4.16. The summed E-state index contributed by atoms with van der Waals surface area (Å²) in [5.41, 5.74) is 3.04. The number of rotatable bonds is 8. The highest BCUT2D eigenvalue weighted by molar-refractivity contribution is 7.99. The molecule has 1 fully saturated rings. The largest absolute Gasteiger partial charge is 0.325 e. The normalized spacial score (nSPS) is 14.2. The second-order valence-electron chi connectivity index (χ2n) is 7.40. The van der Waals surface area contributed by atoms with E-state index in [9.17, 15) is 4.79 Å². The van der Waals surface area contributed by atoms with Gasteiger partial charge in [-0.25, -0.2) is 0 Å². The van der Waals surface area contributed by atoms with Crippen molar-refractivity contribution in [1.82, 2.24) is 19.7 Å². The van der Waals surface area contributed by atoms with E-state index in [1.807, 2.05) is 42.5 Å². The first-order chi connectivity index (χ1) is 14.7. The second-order valence-corrected chi connectivity index (χ2v) is 8.34. The lowest BCUT2D eigenvalue weighted by Gasteiger charge is -2.16. The van der Waals surface area contributed by atoms with Gasteiger partial charge in [0.25, 0.3) is 0 Å². The summed E-state index contributed by atoms with van der Waals surface area (Å²) in [6.45, 7) is 5.06. The monoisotopic (exact) mass is 421 g/mol. The number of nitrogens with zero attached hydrogens (tertiary/aromatic N) is 4. The lowest BCUT2D eigenvalue weighted by atomic mass is 10.1. The SMILES string of the molecule is CCc1ccccc1NC(=O)CSc1nnc(CN2CCCC2)n1-c1ccccc1. The van der Waals surface area contributed by atoms with Gasteiger partial charge in [-0.2, -0.15) is 0 Å². The summed E-state index contributed by atoms with van der Waals surface area (Å²) in [6.07, 6.45) is 3.35. The molecule has 1 N–H and O–H groups in total. The molecule has 2 aromatic carbocycles. The van der Waals surface area contributed by atoms with Gasteiger partial charge in [-0.1, -0.05) is 55.1 Å². The summed E-state index contributed by atoms with van der Waals surface area (Å²) in [7, 11) is 0. The molecule has 7 heteroatoms. The number of anilines is 1. The molecule has 2 heterocycles. The van der Waals surface area contributed by atoms with E-state index in [2.05, 4.69) is 44.0 Å². The van der Waals surface area contributed by atoms with Gasteiger partial charge in [-0.3, -0.25) is 14.3 Å². The molecular weight excluding hydrogens is 394 g/mol. The molecule has 0 atom stereocenters. The van der Waals surface area contributed by atoms with E-state index < -0.39 is 0 Å². The van der Waals surface area contributed by atoms with Crippen LogP contribution >= 0.6 is 11.8 Å². The Morgan fingerprint density at radius 3 is 2.53 bits per heavy atom.